The monoisotopic (exact) mass is 380 g/mol. The van der Waals surface area contributed by atoms with E-state index in [1.54, 1.807) is 0 Å². The third-order valence-electron chi connectivity index (χ3n) is 7.70. The van der Waals surface area contributed by atoms with Gasteiger partial charge in [-0.1, -0.05) is 72.8 Å². The van der Waals surface area contributed by atoms with Crippen molar-refractivity contribution in [1.29, 1.82) is 0 Å². The van der Waals surface area contributed by atoms with Crippen molar-refractivity contribution in [3.05, 3.63) is 106 Å². The Morgan fingerprint density at radius 1 is 0.586 bits per heavy atom. The van der Waals surface area contributed by atoms with Crippen LogP contribution >= 0.6 is 0 Å². The molecule has 144 valence electrons. The van der Waals surface area contributed by atoms with E-state index in [0.29, 0.717) is 0 Å². The summed E-state index contributed by atoms with van der Waals surface area (Å²) in [6.07, 6.45) is 0. The predicted molar refractivity (Wildman–Crippen MR) is 116 cm³/mol. The van der Waals surface area contributed by atoms with Crippen LogP contribution in [-0.4, -0.2) is 18.3 Å². The van der Waals surface area contributed by atoms with Gasteiger partial charge in [-0.2, -0.15) is 0 Å². The Labute approximate surface area is 173 Å². The smallest absolute Gasteiger partial charge is 0.402 e. The number of hydrogen-bond donors (Lipinski definition) is 0. The van der Waals surface area contributed by atoms with Gasteiger partial charge in [0.25, 0.3) is 0 Å². The maximum atomic E-state index is 6.77. The molecule has 3 aromatic rings. The summed E-state index contributed by atoms with van der Waals surface area (Å²) in [5.74, 6) is 0.267. The molecule has 4 aliphatic rings. The van der Waals surface area contributed by atoms with Crippen LogP contribution in [0.5, 0.6) is 0 Å². The summed E-state index contributed by atoms with van der Waals surface area (Å²) >= 11 is 0. The third kappa shape index (κ3) is 1.95. The number of rotatable bonds is 1. The molecule has 1 saturated heterocycles. The molecule has 0 amide bonds. The third-order valence-corrected chi connectivity index (χ3v) is 7.70. The molecule has 1 aliphatic heterocycles. The molecular weight excluding hydrogens is 355 g/mol. The largest absolute Gasteiger partial charge is 0.478 e. The highest BCUT2D eigenvalue weighted by Gasteiger charge is 2.66. The molecule has 2 bridgehead atoms. The average molecular weight is 380 g/mol. The summed E-state index contributed by atoms with van der Waals surface area (Å²) in [7, 11) is -0.391. The van der Waals surface area contributed by atoms with E-state index in [0.717, 1.165) is 0 Å². The van der Waals surface area contributed by atoms with Crippen molar-refractivity contribution in [3.63, 3.8) is 0 Å². The summed E-state index contributed by atoms with van der Waals surface area (Å²) < 4.78 is 13.5. The molecule has 0 N–H and O–H groups in total. The van der Waals surface area contributed by atoms with E-state index in [9.17, 15) is 0 Å². The second-order valence-electron chi connectivity index (χ2n) is 9.59. The number of benzene rings is 3. The van der Waals surface area contributed by atoms with E-state index in [1.807, 2.05) is 0 Å². The van der Waals surface area contributed by atoms with Gasteiger partial charge in [-0.05, 0) is 61.1 Å². The molecule has 0 radical (unpaired) electrons. The molecule has 0 unspecified atom stereocenters. The van der Waals surface area contributed by atoms with Crippen LogP contribution in [0.4, 0.5) is 0 Å². The van der Waals surface area contributed by atoms with Gasteiger partial charge in [0, 0.05) is 5.92 Å². The van der Waals surface area contributed by atoms with Crippen molar-refractivity contribution >= 4 is 7.12 Å². The fourth-order valence-electron chi connectivity index (χ4n) is 5.66. The van der Waals surface area contributed by atoms with Crippen LogP contribution in [0.1, 0.15) is 67.0 Å². The molecule has 2 nitrogen and oxygen atoms in total. The second kappa shape index (κ2) is 5.41. The minimum atomic E-state index is -0.469. The molecule has 1 heterocycles. The first-order valence-corrected chi connectivity index (χ1v) is 10.5. The molecule has 7 rings (SSSR count). The van der Waals surface area contributed by atoms with Crippen LogP contribution in [-0.2, 0) is 14.6 Å². The van der Waals surface area contributed by atoms with Crippen LogP contribution in [0.3, 0.4) is 0 Å². The van der Waals surface area contributed by atoms with Gasteiger partial charge in [0.05, 0.1) is 16.5 Å². The maximum absolute atomic E-state index is 6.77. The van der Waals surface area contributed by atoms with E-state index in [4.69, 9.17) is 9.31 Å². The Balaban J connectivity index is 1.74. The van der Waals surface area contributed by atoms with E-state index in [-0.39, 0.29) is 17.1 Å². The number of hydrogen-bond acceptors (Lipinski definition) is 2. The molecule has 1 fully saturated rings. The van der Waals surface area contributed by atoms with Gasteiger partial charge in [0.1, 0.15) is 0 Å². The summed E-state index contributed by atoms with van der Waals surface area (Å²) in [5.41, 5.74) is 7.31. The molecule has 29 heavy (non-hydrogen) atoms. The lowest BCUT2D eigenvalue weighted by Gasteiger charge is -2.51. The van der Waals surface area contributed by atoms with Crippen molar-refractivity contribution < 1.29 is 9.31 Å². The Bertz CT molecular complexity index is 1020. The zero-order valence-electron chi connectivity index (χ0n) is 17.4. The fourth-order valence-corrected chi connectivity index (χ4v) is 5.66. The van der Waals surface area contributed by atoms with Crippen LogP contribution in [0.2, 0.25) is 0 Å². The van der Waals surface area contributed by atoms with Crippen LogP contribution in [0.25, 0.3) is 0 Å². The zero-order valence-corrected chi connectivity index (χ0v) is 17.4. The summed E-state index contributed by atoms with van der Waals surface area (Å²) in [6, 6.07) is 26.6. The summed E-state index contributed by atoms with van der Waals surface area (Å²) in [4.78, 5) is 0. The highest BCUT2D eigenvalue weighted by molar-refractivity contribution is 6.53. The Hall–Kier alpha value is -2.36. The fraction of sp³-hybridized carbons (Fsp3) is 0.308. The van der Waals surface area contributed by atoms with Gasteiger partial charge >= 0.3 is 7.12 Å². The highest BCUT2D eigenvalue weighted by atomic mass is 16.7. The van der Waals surface area contributed by atoms with E-state index >= 15 is 0 Å². The SMILES string of the molecule is CC1(C)OB(C23c4ccccc4C(c4ccccc42)c2ccccc23)OC1(C)C. The minimum Gasteiger partial charge on any atom is -0.402 e. The molecule has 3 heteroatoms. The first kappa shape index (κ1) is 17.5. The van der Waals surface area contributed by atoms with Gasteiger partial charge in [-0.25, -0.2) is 0 Å². The normalized spacial score (nSPS) is 27.3. The Morgan fingerprint density at radius 3 is 1.31 bits per heavy atom. The lowest BCUT2D eigenvalue weighted by atomic mass is 9.39. The van der Waals surface area contributed by atoms with Crippen molar-refractivity contribution in [2.45, 2.75) is 50.1 Å². The maximum Gasteiger partial charge on any atom is 0.478 e. The molecular formula is C26H25BO2. The minimum absolute atomic E-state index is 0.267. The first-order valence-electron chi connectivity index (χ1n) is 10.5. The van der Waals surface area contributed by atoms with Crippen molar-refractivity contribution in [2.75, 3.05) is 0 Å². The summed E-state index contributed by atoms with van der Waals surface area (Å²) in [5, 5.41) is -0.469. The van der Waals surface area contributed by atoms with Crippen LogP contribution < -0.4 is 0 Å². The highest BCUT2D eigenvalue weighted by Crippen LogP contribution is 2.61. The standard InChI is InChI=1S/C26H25BO2/c1-24(2)25(3,4)29-27(28-24)26-20-14-8-5-11-17(20)23(18-12-6-9-15-21(18)26)19-13-7-10-16-22(19)26/h5-16,23H,1-4H3. The lowest BCUT2D eigenvalue weighted by Crippen LogP contribution is -2.54. The molecule has 0 saturated carbocycles. The Kier molecular flexibility index (Phi) is 3.27. The lowest BCUT2D eigenvalue weighted by molar-refractivity contribution is 0.00578. The average Bonchev–Trinajstić information content (AvgIpc) is 2.95. The Morgan fingerprint density at radius 2 is 0.931 bits per heavy atom. The van der Waals surface area contributed by atoms with Gasteiger partial charge < -0.3 is 9.31 Å². The van der Waals surface area contributed by atoms with Crippen molar-refractivity contribution in [1.82, 2.24) is 0 Å². The molecule has 3 aliphatic carbocycles. The van der Waals surface area contributed by atoms with Crippen LogP contribution in [0, 0.1) is 0 Å². The quantitative estimate of drug-likeness (QED) is 0.522. The van der Waals surface area contributed by atoms with Crippen molar-refractivity contribution in [3.8, 4) is 0 Å². The molecule has 0 aromatic heterocycles. The van der Waals surface area contributed by atoms with E-state index in [2.05, 4.69) is 100 Å². The van der Waals surface area contributed by atoms with E-state index < -0.39 is 12.4 Å². The van der Waals surface area contributed by atoms with Gasteiger partial charge in [-0.3, -0.25) is 0 Å². The zero-order chi connectivity index (χ0) is 20.0. The molecule has 0 spiro atoms. The van der Waals surface area contributed by atoms with E-state index in [1.165, 1.54) is 33.4 Å². The molecule has 3 aromatic carbocycles. The topological polar surface area (TPSA) is 18.5 Å². The second-order valence-corrected chi connectivity index (χ2v) is 9.59. The summed E-state index contributed by atoms with van der Waals surface area (Å²) in [6.45, 7) is 8.56. The first-order chi connectivity index (χ1) is 13.9. The van der Waals surface area contributed by atoms with Gasteiger partial charge in [-0.15, -0.1) is 0 Å². The predicted octanol–water partition coefficient (Wildman–Crippen LogP) is 5.46. The van der Waals surface area contributed by atoms with Crippen LogP contribution in [0.15, 0.2) is 72.8 Å². The van der Waals surface area contributed by atoms with Gasteiger partial charge in [0.15, 0.2) is 0 Å². The molecule has 0 atom stereocenters. The van der Waals surface area contributed by atoms with Crippen molar-refractivity contribution in [2.24, 2.45) is 0 Å². The van der Waals surface area contributed by atoms with Gasteiger partial charge in [0.2, 0.25) is 0 Å².